The third-order valence-corrected chi connectivity index (χ3v) is 6.47. The number of rotatable bonds is 4. The largest absolute Gasteiger partial charge is 0.493 e. The van der Waals surface area contributed by atoms with Gasteiger partial charge in [0, 0.05) is 24.2 Å². The molecule has 1 saturated heterocycles. The molecule has 1 aromatic heterocycles. The molecule has 1 aliphatic rings. The molecule has 32 heavy (non-hydrogen) atoms. The van der Waals surface area contributed by atoms with Gasteiger partial charge in [0.2, 0.25) is 11.0 Å². The third-order valence-electron chi connectivity index (χ3n) is 6.29. The molecule has 1 fully saturated rings. The van der Waals surface area contributed by atoms with E-state index in [-0.39, 0.29) is 11.0 Å². The van der Waals surface area contributed by atoms with Crippen LogP contribution in [0.25, 0.3) is 10.9 Å². The van der Waals surface area contributed by atoms with Crippen LogP contribution in [0, 0.1) is 25.7 Å². The molecule has 2 heterocycles. The first kappa shape index (κ1) is 22.4. The van der Waals surface area contributed by atoms with Gasteiger partial charge in [-0.2, -0.15) is 0 Å². The van der Waals surface area contributed by atoms with Crippen LogP contribution in [-0.2, 0) is 6.67 Å². The van der Waals surface area contributed by atoms with Gasteiger partial charge < -0.3 is 10.4 Å². The molecule has 0 radical (unpaired) electrons. The molecule has 2 unspecified atom stereocenters. The molecule has 4 rings (SSSR count). The lowest BCUT2D eigenvalue weighted by Gasteiger charge is -2.35. The van der Waals surface area contributed by atoms with Crippen molar-refractivity contribution in [3.63, 3.8) is 0 Å². The minimum Gasteiger partial charge on any atom is -0.493 e. The van der Waals surface area contributed by atoms with Crippen molar-refractivity contribution in [1.29, 1.82) is 0 Å². The number of hydrogen-bond acceptors (Lipinski definition) is 4. The molecule has 0 spiro atoms. The Morgan fingerprint density at radius 1 is 1.09 bits per heavy atom. The van der Waals surface area contributed by atoms with Gasteiger partial charge in [-0.3, -0.25) is 9.47 Å². The van der Waals surface area contributed by atoms with Crippen molar-refractivity contribution < 1.29 is 5.11 Å². The summed E-state index contributed by atoms with van der Waals surface area (Å²) in [5.41, 5.74) is 4.60. The Bertz CT molecular complexity index is 1160. The lowest BCUT2D eigenvalue weighted by atomic mass is 9.92. The average Bonchev–Trinajstić information content (AvgIpc) is 3.00. The molecular weight excluding hydrogens is 418 g/mol. The van der Waals surface area contributed by atoms with Crippen molar-refractivity contribution in [2.45, 2.75) is 40.8 Å². The van der Waals surface area contributed by atoms with E-state index in [9.17, 15) is 5.11 Å². The summed E-state index contributed by atoms with van der Waals surface area (Å²) in [5, 5.41) is 23.9. The first-order valence-electron chi connectivity index (χ1n) is 11.1. The maximum absolute atomic E-state index is 11.1. The van der Waals surface area contributed by atoms with Crippen LogP contribution in [0.5, 0.6) is 5.88 Å². The minimum absolute atomic E-state index is 0.121. The van der Waals surface area contributed by atoms with Crippen LogP contribution >= 0.6 is 12.2 Å². The Labute approximate surface area is 195 Å². The molecule has 0 saturated carbocycles. The van der Waals surface area contributed by atoms with E-state index in [4.69, 9.17) is 12.2 Å². The molecule has 3 aromatic rings. The van der Waals surface area contributed by atoms with Crippen LogP contribution in [0.3, 0.4) is 0 Å². The van der Waals surface area contributed by atoms with Crippen LogP contribution in [-0.4, -0.2) is 32.8 Å². The fourth-order valence-corrected chi connectivity index (χ4v) is 4.89. The molecule has 2 N–H and O–H groups in total. The number of nitrogens with one attached hydrogen (secondary N) is 1. The van der Waals surface area contributed by atoms with Crippen molar-refractivity contribution in [1.82, 2.24) is 9.47 Å². The molecule has 2 aromatic carbocycles. The molecule has 7 heteroatoms. The van der Waals surface area contributed by atoms with Gasteiger partial charge >= 0.3 is 0 Å². The average molecular weight is 450 g/mol. The standard InChI is InChI=1S/C25H31N5OS/c1-16-12-17(2)14-29(13-16)15-30-22-11-6-5-9-20(22)23(24(30)31)27-28-25(32)26-21-10-7-8-18(3)19(21)4/h5-11,16-17,31H,12-15H2,1-4H3,(H,26,32). The molecular formula is C25H31N5OS. The summed E-state index contributed by atoms with van der Waals surface area (Å²) in [6.45, 7) is 11.4. The number of piperidine rings is 1. The number of aromatic nitrogens is 1. The van der Waals surface area contributed by atoms with Gasteiger partial charge in [0.1, 0.15) is 0 Å². The maximum atomic E-state index is 11.1. The summed E-state index contributed by atoms with van der Waals surface area (Å²) in [6, 6.07) is 13.9. The highest BCUT2D eigenvalue weighted by molar-refractivity contribution is 7.80. The minimum atomic E-state index is 0.121. The summed E-state index contributed by atoms with van der Waals surface area (Å²) in [6.07, 6.45) is 1.25. The summed E-state index contributed by atoms with van der Waals surface area (Å²) >= 11 is 5.40. The number of likely N-dealkylation sites (tertiary alicyclic amines) is 1. The van der Waals surface area contributed by atoms with Crippen molar-refractivity contribution in [3.05, 3.63) is 53.6 Å². The number of nitrogens with zero attached hydrogens (tertiary/aromatic N) is 4. The summed E-state index contributed by atoms with van der Waals surface area (Å²) < 4.78 is 1.93. The van der Waals surface area contributed by atoms with E-state index in [0.29, 0.717) is 24.2 Å². The smallest absolute Gasteiger partial charge is 0.221 e. The van der Waals surface area contributed by atoms with Crippen molar-refractivity contribution in [2.75, 3.05) is 18.4 Å². The van der Waals surface area contributed by atoms with Crippen LogP contribution in [0.4, 0.5) is 11.4 Å². The number of hydrogen-bond donors (Lipinski definition) is 2. The Morgan fingerprint density at radius 3 is 2.56 bits per heavy atom. The van der Waals surface area contributed by atoms with Crippen LogP contribution in [0.2, 0.25) is 0 Å². The highest BCUT2D eigenvalue weighted by Crippen LogP contribution is 2.39. The van der Waals surface area contributed by atoms with E-state index in [1.807, 2.05) is 47.9 Å². The van der Waals surface area contributed by atoms with Gasteiger partial charge in [0.15, 0.2) is 5.69 Å². The van der Waals surface area contributed by atoms with Gasteiger partial charge in [-0.25, -0.2) is 0 Å². The molecule has 0 aliphatic carbocycles. The van der Waals surface area contributed by atoms with Gasteiger partial charge in [0.05, 0.1) is 12.2 Å². The van der Waals surface area contributed by atoms with Gasteiger partial charge in [-0.15, -0.1) is 10.2 Å². The second kappa shape index (κ2) is 9.38. The zero-order valence-corrected chi connectivity index (χ0v) is 20.0. The Balaban J connectivity index is 1.59. The fourth-order valence-electron chi connectivity index (χ4n) is 4.74. The van der Waals surface area contributed by atoms with E-state index >= 15 is 0 Å². The fraction of sp³-hybridized carbons (Fsp3) is 0.400. The number of aromatic hydroxyl groups is 1. The predicted molar refractivity (Wildman–Crippen MR) is 135 cm³/mol. The first-order valence-corrected chi connectivity index (χ1v) is 11.6. The highest BCUT2D eigenvalue weighted by Gasteiger charge is 2.24. The summed E-state index contributed by atoms with van der Waals surface area (Å²) in [4.78, 5) is 2.40. The monoisotopic (exact) mass is 449 g/mol. The number of aryl methyl sites for hydroxylation is 1. The number of benzene rings is 2. The van der Waals surface area contributed by atoms with Crippen molar-refractivity contribution in [3.8, 4) is 5.88 Å². The van der Waals surface area contributed by atoms with E-state index < -0.39 is 0 Å². The third kappa shape index (κ3) is 4.69. The number of thiocarbonyl (C=S) groups is 1. The zero-order valence-electron chi connectivity index (χ0n) is 19.2. The quantitative estimate of drug-likeness (QED) is 0.358. The SMILES string of the molecule is Cc1cccc(NC(=S)N=Nc2c(O)n(CN3CC(C)CC(C)C3)c3ccccc23)c1C. The summed E-state index contributed by atoms with van der Waals surface area (Å²) in [5.74, 6) is 1.42. The molecule has 0 bridgehead atoms. The molecule has 2 atom stereocenters. The highest BCUT2D eigenvalue weighted by atomic mass is 32.1. The van der Waals surface area contributed by atoms with E-state index in [0.717, 1.165) is 35.2 Å². The Morgan fingerprint density at radius 2 is 1.81 bits per heavy atom. The Hall–Kier alpha value is -2.77. The Kier molecular flexibility index (Phi) is 6.58. The van der Waals surface area contributed by atoms with Crippen LogP contribution in [0.15, 0.2) is 52.7 Å². The van der Waals surface area contributed by atoms with Crippen LogP contribution in [0.1, 0.15) is 31.4 Å². The lowest BCUT2D eigenvalue weighted by Crippen LogP contribution is -2.39. The second-order valence-corrected chi connectivity index (χ2v) is 9.51. The molecule has 6 nitrogen and oxygen atoms in total. The van der Waals surface area contributed by atoms with E-state index in [2.05, 4.69) is 47.3 Å². The molecule has 168 valence electrons. The molecule has 1 aliphatic heterocycles. The van der Waals surface area contributed by atoms with E-state index in [1.54, 1.807) is 0 Å². The van der Waals surface area contributed by atoms with Gasteiger partial charge in [0.25, 0.3) is 0 Å². The molecule has 0 amide bonds. The van der Waals surface area contributed by atoms with Crippen LogP contribution < -0.4 is 5.32 Å². The second-order valence-electron chi connectivity index (χ2n) is 9.12. The first-order chi connectivity index (χ1) is 15.3. The van der Waals surface area contributed by atoms with E-state index in [1.165, 1.54) is 12.0 Å². The van der Waals surface area contributed by atoms with Crippen molar-refractivity contribution >= 4 is 39.6 Å². The number of fused-ring (bicyclic) bond motifs is 1. The normalized spacial score (nSPS) is 19.6. The van der Waals surface area contributed by atoms with Gasteiger partial charge in [-0.1, -0.05) is 44.2 Å². The number of anilines is 1. The van der Waals surface area contributed by atoms with Crippen molar-refractivity contribution in [2.24, 2.45) is 22.1 Å². The summed E-state index contributed by atoms with van der Waals surface area (Å²) in [7, 11) is 0. The number of azo groups is 1. The topological polar surface area (TPSA) is 65.2 Å². The predicted octanol–water partition coefficient (Wildman–Crippen LogP) is 6.38. The number of para-hydroxylation sites is 1. The maximum Gasteiger partial charge on any atom is 0.221 e. The lowest BCUT2D eigenvalue weighted by molar-refractivity contribution is 0.108. The van der Waals surface area contributed by atoms with Gasteiger partial charge in [-0.05, 0) is 67.6 Å². The zero-order chi connectivity index (χ0) is 22.8.